The Morgan fingerprint density at radius 1 is 1.14 bits per heavy atom. The highest BCUT2D eigenvalue weighted by Gasteiger charge is 2.36. The quantitative estimate of drug-likeness (QED) is 0.675. The summed E-state index contributed by atoms with van der Waals surface area (Å²) in [4.78, 5) is 26.4. The van der Waals surface area contributed by atoms with Crippen LogP contribution in [0, 0.1) is 11.7 Å². The first-order valence-electron chi connectivity index (χ1n) is 8.54. The van der Waals surface area contributed by atoms with Crippen molar-refractivity contribution in [2.24, 2.45) is 5.92 Å². The van der Waals surface area contributed by atoms with E-state index in [4.69, 9.17) is 0 Å². The summed E-state index contributed by atoms with van der Waals surface area (Å²) in [6.07, 6.45) is 1.51. The minimum atomic E-state index is -4.84. The van der Waals surface area contributed by atoms with Gasteiger partial charge in [0.05, 0.1) is 11.5 Å². The van der Waals surface area contributed by atoms with E-state index in [1.807, 2.05) is 4.90 Å². The van der Waals surface area contributed by atoms with E-state index < -0.39 is 29.4 Å². The third kappa shape index (κ3) is 3.89. The molecule has 0 unspecified atom stereocenters. The molecule has 7 nitrogen and oxygen atoms in total. The third-order valence-electron chi connectivity index (χ3n) is 4.52. The van der Waals surface area contributed by atoms with Gasteiger partial charge in [0.25, 0.3) is 0 Å². The van der Waals surface area contributed by atoms with Crippen molar-refractivity contribution in [3.8, 4) is 5.82 Å². The van der Waals surface area contributed by atoms with Crippen molar-refractivity contribution in [1.82, 2.24) is 19.5 Å². The number of nitrogens with one attached hydrogen (secondary N) is 1. The van der Waals surface area contributed by atoms with Crippen LogP contribution in [0.1, 0.15) is 5.56 Å². The second-order valence-electron chi connectivity index (χ2n) is 6.49. The SMILES string of the molecule is O=C(Nc1ccc(F)c(C(F)(F)F)c1)C1CN(c2cc(-n3ccnc3)ncn2)C1. The van der Waals surface area contributed by atoms with Gasteiger partial charge < -0.3 is 10.2 Å². The van der Waals surface area contributed by atoms with Crippen LogP contribution in [0.15, 0.2) is 49.3 Å². The Bertz CT molecular complexity index is 1030. The molecule has 2 aromatic heterocycles. The van der Waals surface area contributed by atoms with Crippen LogP contribution in [0.5, 0.6) is 0 Å². The molecular formula is C18H14F4N6O. The second kappa shape index (κ2) is 7.15. The number of imidazole rings is 1. The normalized spacial score (nSPS) is 14.6. The highest BCUT2D eigenvalue weighted by Crippen LogP contribution is 2.33. The first kappa shape index (κ1) is 18.8. The molecule has 1 amide bonds. The van der Waals surface area contributed by atoms with Crippen LogP contribution in [-0.2, 0) is 11.0 Å². The summed E-state index contributed by atoms with van der Waals surface area (Å²) in [6, 6.07) is 4.11. The molecule has 3 heterocycles. The molecule has 0 aliphatic carbocycles. The molecule has 0 bridgehead atoms. The molecule has 29 heavy (non-hydrogen) atoms. The van der Waals surface area contributed by atoms with Crippen LogP contribution >= 0.6 is 0 Å². The van der Waals surface area contributed by atoms with Gasteiger partial charge in [-0.05, 0) is 18.2 Å². The van der Waals surface area contributed by atoms with Gasteiger partial charge in [-0.3, -0.25) is 9.36 Å². The van der Waals surface area contributed by atoms with Crippen molar-refractivity contribution >= 4 is 17.4 Å². The van der Waals surface area contributed by atoms with Crippen LogP contribution in [0.2, 0.25) is 0 Å². The zero-order chi connectivity index (χ0) is 20.6. The average molecular weight is 406 g/mol. The van der Waals surface area contributed by atoms with Gasteiger partial charge in [0.15, 0.2) is 0 Å². The molecule has 1 aliphatic rings. The van der Waals surface area contributed by atoms with Crippen LogP contribution in [0.4, 0.5) is 29.1 Å². The lowest BCUT2D eigenvalue weighted by Gasteiger charge is -2.39. The first-order chi connectivity index (χ1) is 13.8. The van der Waals surface area contributed by atoms with Crippen LogP contribution < -0.4 is 10.2 Å². The number of aromatic nitrogens is 4. The van der Waals surface area contributed by atoms with Gasteiger partial charge in [-0.25, -0.2) is 19.3 Å². The van der Waals surface area contributed by atoms with Crippen molar-refractivity contribution in [2.45, 2.75) is 6.18 Å². The van der Waals surface area contributed by atoms with E-state index in [0.29, 0.717) is 36.9 Å². The molecule has 1 aromatic carbocycles. The van der Waals surface area contributed by atoms with Gasteiger partial charge in [0.1, 0.15) is 30.1 Å². The summed E-state index contributed by atoms with van der Waals surface area (Å²) in [5.74, 6) is -1.02. The standard InChI is InChI=1S/C18H14F4N6O/c19-14-2-1-12(5-13(14)18(20,21)22)26-17(29)11-7-28(8-11)16-6-15(24-9-25-16)27-4-3-23-10-27/h1-6,9-11H,7-8H2,(H,26,29). The lowest BCUT2D eigenvalue weighted by molar-refractivity contribution is -0.140. The van der Waals surface area contributed by atoms with Crippen molar-refractivity contribution in [3.05, 3.63) is 60.7 Å². The lowest BCUT2D eigenvalue weighted by Crippen LogP contribution is -2.52. The number of alkyl halides is 3. The number of carbonyl (C=O) groups excluding carboxylic acids is 1. The topological polar surface area (TPSA) is 75.9 Å². The zero-order valence-electron chi connectivity index (χ0n) is 14.8. The summed E-state index contributed by atoms with van der Waals surface area (Å²) in [5.41, 5.74) is -1.52. The number of carbonyl (C=O) groups is 1. The van der Waals surface area contributed by atoms with Crippen molar-refractivity contribution in [3.63, 3.8) is 0 Å². The Kier molecular flexibility index (Phi) is 4.65. The van der Waals surface area contributed by atoms with Crippen molar-refractivity contribution < 1.29 is 22.4 Å². The molecule has 3 aromatic rings. The Balaban J connectivity index is 1.39. The predicted octanol–water partition coefficient (Wildman–Crippen LogP) is 2.90. The molecule has 1 aliphatic heterocycles. The fourth-order valence-electron chi connectivity index (χ4n) is 2.94. The van der Waals surface area contributed by atoms with Gasteiger partial charge in [0, 0.05) is 37.2 Å². The molecule has 0 spiro atoms. The van der Waals surface area contributed by atoms with Gasteiger partial charge in [-0.15, -0.1) is 0 Å². The largest absolute Gasteiger partial charge is 0.419 e. The maximum atomic E-state index is 13.4. The minimum absolute atomic E-state index is 0.105. The molecule has 0 saturated carbocycles. The number of hydrogen-bond acceptors (Lipinski definition) is 5. The highest BCUT2D eigenvalue weighted by atomic mass is 19.4. The van der Waals surface area contributed by atoms with Crippen LogP contribution in [0.25, 0.3) is 5.82 Å². The fourth-order valence-corrected chi connectivity index (χ4v) is 2.94. The van der Waals surface area contributed by atoms with Crippen molar-refractivity contribution in [1.29, 1.82) is 0 Å². The number of amides is 1. The molecule has 150 valence electrons. The first-order valence-corrected chi connectivity index (χ1v) is 8.54. The van der Waals surface area contributed by atoms with Gasteiger partial charge in [-0.1, -0.05) is 0 Å². The fraction of sp³-hybridized carbons (Fsp3) is 0.222. The molecule has 0 radical (unpaired) electrons. The van der Waals surface area contributed by atoms with E-state index >= 15 is 0 Å². The molecule has 4 rings (SSSR count). The van der Waals surface area contributed by atoms with Gasteiger partial charge in [0.2, 0.25) is 5.91 Å². The van der Waals surface area contributed by atoms with E-state index in [-0.39, 0.29) is 5.69 Å². The Hall–Kier alpha value is -3.50. The predicted molar refractivity (Wildman–Crippen MR) is 94.9 cm³/mol. The average Bonchev–Trinajstić information content (AvgIpc) is 3.16. The monoisotopic (exact) mass is 406 g/mol. The van der Waals surface area contributed by atoms with E-state index in [0.717, 1.165) is 6.07 Å². The number of nitrogens with zero attached hydrogens (tertiary/aromatic N) is 5. The van der Waals surface area contributed by atoms with Crippen LogP contribution in [-0.4, -0.2) is 38.5 Å². The van der Waals surface area contributed by atoms with E-state index in [9.17, 15) is 22.4 Å². The van der Waals surface area contributed by atoms with E-state index in [2.05, 4.69) is 20.3 Å². The van der Waals surface area contributed by atoms with Crippen LogP contribution in [0.3, 0.4) is 0 Å². The number of anilines is 2. The summed E-state index contributed by atoms with van der Waals surface area (Å²) in [6.45, 7) is 0.694. The zero-order valence-corrected chi connectivity index (χ0v) is 14.8. The highest BCUT2D eigenvalue weighted by molar-refractivity contribution is 5.94. The van der Waals surface area contributed by atoms with E-state index in [1.165, 1.54) is 6.33 Å². The molecule has 1 N–H and O–H groups in total. The number of rotatable bonds is 4. The third-order valence-corrected chi connectivity index (χ3v) is 4.52. The summed E-state index contributed by atoms with van der Waals surface area (Å²) < 4.78 is 53.5. The Morgan fingerprint density at radius 3 is 2.59 bits per heavy atom. The Morgan fingerprint density at radius 2 is 1.90 bits per heavy atom. The summed E-state index contributed by atoms with van der Waals surface area (Å²) >= 11 is 0. The second-order valence-corrected chi connectivity index (χ2v) is 6.49. The molecule has 11 heteroatoms. The molecule has 0 atom stereocenters. The van der Waals surface area contributed by atoms with E-state index in [1.54, 1.807) is 29.4 Å². The smallest absolute Gasteiger partial charge is 0.355 e. The number of halogens is 4. The van der Waals surface area contributed by atoms with Gasteiger partial charge in [-0.2, -0.15) is 13.2 Å². The number of hydrogen-bond donors (Lipinski definition) is 1. The maximum Gasteiger partial charge on any atom is 0.419 e. The maximum absolute atomic E-state index is 13.4. The lowest BCUT2D eigenvalue weighted by atomic mass is 9.99. The van der Waals surface area contributed by atoms with Gasteiger partial charge >= 0.3 is 6.18 Å². The van der Waals surface area contributed by atoms with Crippen molar-refractivity contribution in [2.75, 3.05) is 23.3 Å². The molecular weight excluding hydrogens is 392 g/mol. The number of benzene rings is 1. The minimum Gasteiger partial charge on any atom is -0.355 e. The summed E-state index contributed by atoms with van der Waals surface area (Å²) in [7, 11) is 0. The molecule has 1 saturated heterocycles. The Labute approximate surface area is 162 Å². The molecule has 1 fully saturated rings. The summed E-state index contributed by atoms with van der Waals surface area (Å²) in [5, 5.41) is 2.41.